The highest BCUT2D eigenvalue weighted by Crippen LogP contribution is 2.21. The molecule has 24 heavy (non-hydrogen) atoms. The Morgan fingerprint density at radius 3 is 2.96 bits per heavy atom. The first kappa shape index (κ1) is 17.4. The van der Waals surface area contributed by atoms with Crippen LogP contribution >= 0.6 is 11.3 Å². The number of rotatable bonds is 5. The number of hydrogen-bond acceptors (Lipinski definition) is 5. The highest BCUT2D eigenvalue weighted by molar-refractivity contribution is 7.15. The minimum Gasteiger partial charge on any atom is -0.396 e. The van der Waals surface area contributed by atoms with Crippen molar-refractivity contribution in [1.29, 1.82) is 0 Å². The second-order valence-corrected chi connectivity index (χ2v) is 7.80. The van der Waals surface area contributed by atoms with Gasteiger partial charge in [0.2, 0.25) is 0 Å². The van der Waals surface area contributed by atoms with Crippen LogP contribution < -0.4 is 0 Å². The average molecular weight is 350 g/mol. The number of carbonyl (C=O) groups is 1. The standard InChI is InChI=1S/C17H26N4O2S/c1-12(2)8-19-5-6-20(10-14(19)4-7-22)16(23)15-11-24-17-18-13(3)9-21(15)17/h9,11-12,14,22H,4-8,10H2,1-3H3. The van der Waals surface area contributed by atoms with Crippen LogP contribution in [0.25, 0.3) is 4.96 Å². The van der Waals surface area contributed by atoms with E-state index >= 15 is 0 Å². The summed E-state index contributed by atoms with van der Waals surface area (Å²) in [6, 6.07) is 0.230. The van der Waals surface area contributed by atoms with Crippen molar-refractivity contribution in [1.82, 2.24) is 19.2 Å². The normalized spacial score (nSPS) is 19.5. The lowest BCUT2D eigenvalue weighted by Crippen LogP contribution is -2.55. The lowest BCUT2D eigenvalue weighted by atomic mass is 10.1. The maximum absolute atomic E-state index is 13.0. The van der Waals surface area contributed by atoms with Gasteiger partial charge in [-0.1, -0.05) is 13.8 Å². The van der Waals surface area contributed by atoms with Crippen molar-refractivity contribution in [2.75, 3.05) is 32.8 Å². The molecule has 0 spiro atoms. The predicted octanol–water partition coefficient (Wildman–Crippen LogP) is 1.87. The molecule has 1 saturated heterocycles. The van der Waals surface area contributed by atoms with Gasteiger partial charge in [-0.05, 0) is 19.3 Å². The van der Waals surface area contributed by atoms with E-state index in [-0.39, 0.29) is 18.6 Å². The Kier molecular flexibility index (Phi) is 5.22. The highest BCUT2D eigenvalue weighted by atomic mass is 32.1. The zero-order valence-corrected chi connectivity index (χ0v) is 15.4. The summed E-state index contributed by atoms with van der Waals surface area (Å²) in [7, 11) is 0. The molecule has 3 rings (SSSR count). The Bertz CT molecular complexity index is 709. The van der Waals surface area contributed by atoms with Crippen molar-refractivity contribution in [3.63, 3.8) is 0 Å². The SMILES string of the molecule is Cc1cn2c(C(=O)N3CCN(CC(C)C)C(CCO)C3)csc2n1. The summed E-state index contributed by atoms with van der Waals surface area (Å²) in [6.45, 7) is 9.80. The zero-order chi connectivity index (χ0) is 17.3. The van der Waals surface area contributed by atoms with Crippen LogP contribution in [0.4, 0.5) is 0 Å². The second-order valence-electron chi connectivity index (χ2n) is 6.96. The number of thiazole rings is 1. The van der Waals surface area contributed by atoms with Gasteiger partial charge in [-0.15, -0.1) is 11.3 Å². The molecule has 0 saturated carbocycles. The van der Waals surface area contributed by atoms with E-state index in [9.17, 15) is 9.90 Å². The molecule has 2 aromatic rings. The summed E-state index contributed by atoms with van der Waals surface area (Å²) < 4.78 is 1.89. The van der Waals surface area contributed by atoms with Gasteiger partial charge in [-0.3, -0.25) is 14.1 Å². The van der Waals surface area contributed by atoms with Crippen LogP contribution in [-0.2, 0) is 0 Å². The topological polar surface area (TPSA) is 61.1 Å². The minimum atomic E-state index is 0.0609. The lowest BCUT2D eigenvalue weighted by molar-refractivity contribution is 0.0380. The van der Waals surface area contributed by atoms with E-state index in [0.717, 1.165) is 30.3 Å². The number of hydrogen-bond donors (Lipinski definition) is 1. The Balaban J connectivity index is 1.76. The maximum Gasteiger partial charge on any atom is 0.271 e. The van der Waals surface area contributed by atoms with Crippen molar-refractivity contribution >= 4 is 22.2 Å². The summed E-state index contributed by atoms with van der Waals surface area (Å²) >= 11 is 1.50. The van der Waals surface area contributed by atoms with Crippen LogP contribution in [0.1, 0.15) is 36.5 Å². The third kappa shape index (κ3) is 3.48. The van der Waals surface area contributed by atoms with Gasteiger partial charge < -0.3 is 10.0 Å². The molecule has 1 unspecified atom stereocenters. The molecule has 2 aromatic heterocycles. The fourth-order valence-corrected chi connectivity index (χ4v) is 4.31. The van der Waals surface area contributed by atoms with Gasteiger partial charge in [0.05, 0.1) is 5.69 Å². The Labute approximate surface area is 146 Å². The van der Waals surface area contributed by atoms with Gasteiger partial charge in [-0.2, -0.15) is 0 Å². The maximum atomic E-state index is 13.0. The third-order valence-corrected chi connectivity index (χ3v) is 5.34. The van der Waals surface area contributed by atoms with E-state index < -0.39 is 0 Å². The molecule has 1 aliphatic heterocycles. The fourth-order valence-electron chi connectivity index (χ4n) is 3.42. The zero-order valence-electron chi connectivity index (χ0n) is 14.6. The van der Waals surface area contributed by atoms with Crippen LogP contribution in [0.5, 0.6) is 0 Å². The molecule has 1 aliphatic rings. The minimum absolute atomic E-state index is 0.0609. The molecule has 1 N–H and O–H groups in total. The second kappa shape index (κ2) is 7.21. The van der Waals surface area contributed by atoms with Crippen LogP contribution in [0.2, 0.25) is 0 Å². The van der Waals surface area contributed by atoms with Gasteiger partial charge in [-0.25, -0.2) is 4.98 Å². The molecule has 3 heterocycles. The summed E-state index contributed by atoms with van der Waals surface area (Å²) in [4.78, 5) is 22.6. The molecule has 7 heteroatoms. The van der Waals surface area contributed by atoms with Crippen molar-refractivity contribution < 1.29 is 9.90 Å². The number of imidazole rings is 1. The van der Waals surface area contributed by atoms with Crippen LogP contribution in [0, 0.1) is 12.8 Å². The van der Waals surface area contributed by atoms with Gasteiger partial charge in [0.15, 0.2) is 4.96 Å². The number of fused-ring (bicyclic) bond motifs is 1. The van der Waals surface area contributed by atoms with E-state index in [1.54, 1.807) is 0 Å². The van der Waals surface area contributed by atoms with Gasteiger partial charge in [0.1, 0.15) is 5.69 Å². The number of carbonyl (C=O) groups excluding carboxylic acids is 1. The molecule has 0 radical (unpaired) electrons. The Morgan fingerprint density at radius 2 is 2.25 bits per heavy atom. The summed E-state index contributed by atoms with van der Waals surface area (Å²) in [5.41, 5.74) is 1.62. The Morgan fingerprint density at radius 1 is 1.46 bits per heavy atom. The number of amides is 1. The molecule has 0 aliphatic carbocycles. The van der Waals surface area contributed by atoms with Crippen molar-refractivity contribution in [2.45, 2.75) is 33.2 Å². The van der Waals surface area contributed by atoms with Crippen molar-refractivity contribution in [3.05, 3.63) is 23.0 Å². The highest BCUT2D eigenvalue weighted by Gasteiger charge is 2.31. The number of nitrogens with zero attached hydrogens (tertiary/aromatic N) is 4. The van der Waals surface area contributed by atoms with Gasteiger partial charge >= 0.3 is 0 Å². The first-order valence-corrected chi connectivity index (χ1v) is 9.45. The molecular weight excluding hydrogens is 324 g/mol. The number of piperazine rings is 1. The van der Waals surface area contributed by atoms with E-state index in [2.05, 4.69) is 23.7 Å². The predicted molar refractivity (Wildman–Crippen MR) is 95.6 cm³/mol. The average Bonchev–Trinajstić information content (AvgIpc) is 3.07. The Hall–Kier alpha value is -1.44. The summed E-state index contributed by atoms with van der Waals surface area (Å²) in [5, 5.41) is 11.3. The molecule has 1 amide bonds. The van der Waals surface area contributed by atoms with Crippen molar-refractivity contribution in [3.8, 4) is 0 Å². The van der Waals surface area contributed by atoms with E-state index in [0.29, 0.717) is 24.6 Å². The summed E-state index contributed by atoms with van der Waals surface area (Å²) in [6.07, 6.45) is 2.62. The molecule has 0 bridgehead atoms. The van der Waals surface area contributed by atoms with Crippen LogP contribution in [0.3, 0.4) is 0 Å². The number of aliphatic hydroxyl groups is 1. The molecule has 6 nitrogen and oxygen atoms in total. The van der Waals surface area contributed by atoms with E-state index in [4.69, 9.17) is 0 Å². The number of aliphatic hydroxyl groups excluding tert-OH is 1. The first-order valence-electron chi connectivity index (χ1n) is 8.57. The first-order chi connectivity index (χ1) is 11.5. The quantitative estimate of drug-likeness (QED) is 0.894. The molecular formula is C17H26N4O2S. The smallest absolute Gasteiger partial charge is 0.271 e. The van der Waals surface area contributed by atoms with E-state index in [1.165, 1.54) is 11.3 Å². The van der Waals surface area contributed by atoms with Crippen LogP contribution in [0.15, 0.2) is 11.6 Å². The number of aromatic nitrogens is 2. The van der Waals surface area contributed by atoms with Crippen molar-refractivity contribution in [2.24, 2.45) is 5.92 Å². The lowest BCUT2D eigenvalue weighted by Gasteiger charge is -2.42. The molecule has 1 atom stereocenters. The fraction of sp³-hybridized carbons (Fsp3) is 0.647. The molecule has 132 valence electrons. The van der Waals surface area contributed by atoms with Gasteiger partial charge in [0.25, 0.3) is 5.91 Å². The largest absolute Gasteiger partial charge is 0.396 e. The number of aryl methyl sites for hydroxylation is 1. The third-order valence-electron chi connectivity index (χ3n) is 4.50. The van der Waals surface area contributed by atoms with Gasteiger partial charge in [0, 0.05) is 50.4 Å². The monoisotopic (exact) mass is 350 g/mol. The van der Waals surface area contributed by atoms with Crippen LogP contribution in [-0.4, -0.2) is 69.0 Å². The van der Waals surface area contributed by atoms with E-state index in [1.807, 2.05) is 27.8 Å². The summed E-state index contributed by atoms with van der Waals surface area (Å²) in [5.74, 6) is 0.643. The molecule has 0 aromatic carbocycles. The molecule has 1 fully saturated rings.